The zero-order chi connectivity index (χ0) is 24.1. The number of Topliss-reactive ketones (excluding diaryl/α,β-unsaturated/α-hetero) is 1. The van der Waals surface area contributed by atoms with Gasteiger partial charge in [0.25, 0.3) is 0 Å². The van der Waals surface area contributed by atoms with Crippen molar-refractivity contribution in [2.75, 3.05) is 7.11 Å². The highest BCUT2D eigenvalue weighted by Gasteiger charge is 2.87. The summed E-state index contributed by atoms with van der Waals surface area (Å²) in [6.45, 7) is 8.20. The highest BCUT2D eigenvalue weighted by molar-refractivity contribution is 6.08. The van der Waals surface area contributed by atoms with Crippen molar-refractivity contribution in [1.29, 1.82) is 0 Å². The predicted molar refractivity (Wildman–Crippen MR) is 109 cm³/mol. The molecule has 1 heterocycles. The maximum absolute atomic E-state index is 13.9. The molecule has 0 amide bonds. The molecule has 0 aromatic rings. The van der Waals surface area contributed by atoms with Crippen LogP contribution in [0.3, 0.4) is 0 Å². The molecule has 5 aliphatic rings. The fraction of sp³-hybridized carbons (Fsp3) is 0.708. The lowest BCUT2D eigenvalue weighted by atomic mass is 9.58. The normalized spacial score (nSPS) is 46.8. The van der Waals surface area contributed by atoms with E-state index in [4.69, 9.17) is 18.9 Å². The summed E-state index contributed by atoms with van der Waals surface area (Å²) in [4.78, 5) is 64.4. The van der Waals surface area contributed by atoms with Crippen molar-refractivity contribution in [3.63, 3.8) is 0 Å². The highest BCUT2D eigenvalue weighted by atomic mass is 16.6. The Hall–Kier alpha value is -2.71. The molecule has 0 N–H and O–H groups in total. The largest absolute Gasteiger partial charge is 0.469 e. The molecule has 0 unspecified atom stereocenters. The molecule has 0 aromatic carbocycles. The zero-order valence-electron chi connectivity index (χ0n) is 19.2. The Bertz CT molecular complexity index is 1030. The molecule has 4 saturated carbocycles. The number of methoxy groups -OCH3 is 1. The molecule has 0 radical (unpaired) electrons. The second-order valence-corrected chi connectivity index (χ2v) is 10.4. The molecule has 178 valence electrons. The quantitative estimate of drug-likeness (QED) is 0.351. The van der Waals surface area contributed by atoms with E-state index in [0.717, 1.165) is 0 Å². The Morgan fingerprint density at radius 1 is 1.09 bits per heavy atom. The molecule has 4 aliphatic carbocycles. The van der Waals surface area contributed by atoms with Crippen molar-refractivity contribution in [3.05, 3.63) is 12.2 Å². The lowest BCUT2D eigenvalue weighted by molar-refractivity contribution is -0.173. The van der Waals surface area contributed by atoms with Crippen LogP contribution in [0.4, 0.5) is 0 Å². The first-order valence-corrected chi connectivity index (χ1v) is 11.3. The summed E-state index contributed by atoms with van der Waals surface area (Å²) >= 11 is 0. The zero-order valence-corrected chi connectivity index (χ0v) is 19.2. The minimum Gasteiger partial charge on any atom is -0.469 e. The number of ketones is 1. The summed E-state index contributed by atoms with van der Waals surface area (Å²) in [5.41, 5.74) is -4.66. The van der Waals surface area contributed by atoms with Gasteiger partial charge in [0, 0.05) is 37.7 Å². The third-order valence-electron chi connectivity index (χ3n) is 9.23. The number of carbonyl (C=O) groups is 5. The third kappa shape index (κ3) is 2.30. The maximum Gasteiger partial charge on any atom is 0.316 e. The van der Waals surface area contributed by atoms with Crippen LogP contribution in [0.25, 0.3) is 0 Å². The average molecular weight is 460 g/mol. The molecule has 8 atom stereocenters. The third-order valence-corrected chi connectivity index (χ3v) is 9.23. The Kier molecular flexibility index (Phi) is 4.32. The van der Waals surface area contributed by atoms with E-state index in [2.05, 4.69) is 6.58 Å². The fourth-order valence-corrected chi connectivity index (χ4v) is 8.29. The molecule has 5 rings (SSSR count). The first-order chi connectivity index (χ1) is 15.4. The van der Waals surface area contributed by atoms with Crippen LogP contribution >= 0.6 is 0 Å². The average Bonchev–Trinajstić information content (AvgIpc) is 3.15. The van der Waals surface area contributed by atoms with Gasteiger partial charge in [-0.1, -0.05) is 6.58 Å². The maximum atomic E-state index is 13.9. The van der Waals surface area contributed by atoms with Gasteiger partial charge >= 0.3 is 23.9 Å². The molecule has 1 aliphatic heterocycles. The molecule has 9 heteroatoms. The minimum absolute atomic E-state index is 0.103. The molecule has 33 heavy (non-hydrogen) atoms. The van der Waals surface area contributed by atoms with E-state index in [1.807, 2.05) is 0 Å². The summed E-state index contributed by atoms with van der Waals surface area (Å²) in [5, 5.41) is 0. The van der Waals surface area contributed by atoms with Crippen LogP contribution in [0.5, 0.6) is 0 Å². The van der Waals surface area contributed by atoms with Crippen molar-refractivity contribution >= 4 is 29.7 Å². The first-order valence-electron chi connectivity index (χ1n) is 11.3. The summed E-state index contributed by atoms with van der Waals surface area (Å²) < 4.78 is 22.5. The fourth-order valence-electron chi connectivity index (χ4n) is 8.29. The van der Waals surface area contributed by atoms with Gasteiger partial charge in [-0.05, 0) is 32.6 Å². The van der Waals surface area contributed by atoms with Gasteiger partial charge in [0.1, 0.15) is 22.7 Å². The van der Waals surface area contributed by atoms with Gasteiger partial charge in [0.2, 0.25) is 0 Å². The Balaban J connectivity index is 1.72. The molecular weight excluding hydrogens is 432 g/mol. The number of hydrogen-bond donors (Lipinski definition) is 0. The first kappa shape index (κ1) is 22.1. The summed E-state index contributed by atoms with van der Waals surface area (Å²) in [6.07, 6.45) is 0.827. The highest BCUT2D eigenvalue weighted by Crippen LogP contribution is 2.78. The minimum atomic E-state index is -1.32. The summed E-state index contributed by atoms with van der Waals surface area (Å²) in [6, 6.07) is 0. The van der Waals surface area contributed by atoms with E-state index in [-0.39, 0.29) is 17.8 Å². The Morgan fingerprint density at radius 3 is 2.39 bits per heavy atom. The second kappa shape index (κ2) is 6.45. The van der Waals surface area contributed by atoms with Gasteiger partial charge in [0.05, 0.1) is 18.4 Å². The second-order valence-electron chi connectivity index (χ2n) is 10.4. The standard InChI is InChI=1S/C24H28O9/c1-11-18(27)23-10-22(11,32-13(3)26)8-6-14(23)24-9-7-15(31-12(2)25)21(4,20(29)33-24)17(24)16(23)19(28)30-5/h14-17H,1,6-10H2,2-5H3/t14-,15+,16-,17-,21-,22+,23-,24-/m1/s1. The molecular formula is C24H28O9. The van der Waals surface area contributed by atoms with Gasteiger partial charge < -0.3 is 18.9 Å². The number of esters is 4. The van der Waals surface area contributed by atoms with Gasteiger partial charge in [0.15, 0.2) is 5.78 Å². The van der Waals surface area contributed by atoms with E-state index in [9.17, 15) is 24.0 Å². The van der Waals surface area contributed by atoms with Crippen molar-refractivity contribution in [2.45, 2.75) is 70.2 Å². The monoisotopic (exact) mass is 460 g/mol. The van der Waals surface area contributed by atoms with Crippen LogP contribution in [0.15, 0.2) is 12.2 Å². The van der Waals surface area contributed by atoms with E-state index < -0.39 is 69.8 Å². The molecule has 9 nitrogen and oxygen atoms in total. The van der Waals surface area contributed by atoms with Crippen LogP contribution in [-0.4, -0.2) is 54.1 Å². The van der Waals surface area contributed by atoms with Gasteiger partial charge in [-0.25, -0.2) is 0 Å². The van der Waals surface area contributed by atoms with Gasteiger partial charge in [-0.3, -0.25) is 24.0 Å². The Labute approximate surface area is 191 Å². The van der Waals surface area contributed by atoms with E-state index in [0.29, 0.717) is 25.7 Å². The summed E-state index contributed by atoms with van der Waals surface area (Å²) in [7, 11) is 1.24. The van der Waals surface area contributed by atoms with E-state index in [1.165, 1.54) is 21.0 Å². The molecule has 0 aromatic heterocycles. The summed E-state index contributed by atoms with van der Waals surface area (Å²) in [5.74, 6) is -4.75. The lowest BCUT2D eigenvalue weighted by Gasteiger charge is -2.46. The van der Waals surface area contributed by atoms with Crippen LogP contribution in [0.1, 0.15) is 52.9 Å². The van der Waals surface area contributed by atoms with Crippen molar-refractivity contribution in [1.82, 2.24) is 0 Å². The number of hydrogen-bond acceptors (Lipinski definition) is 9. The number of fused-ring (bicyclic) bond motifs is 1. The number of carbonyl (C=O) groups excluding carboxylic acids is 5. The van der Waals surface area contributed by atoms with E-state index >= 15 is 0 Å². The number of rotatable bonds is 3. The van der Waals surface area contributed by atoms with Crippen LogP contribution in [-0.2, 0) is 42.9 Å². The van der Waals surface area contributed by atoms with Crippen molar-refractivity contribution < 1.29 is 42.9 Å². The molecule has 4 bridgehead atoms. The van der Waals surface area contributed by atoms with Crippen LogP contribution in [0, 0.1) is 28.6 Å². The number of ether oxygens (including phenoxy) is 4. The van der Waals surface area contributed by atoms with Gasteiger partial charge in [-0.2, -0.15) is 0 Å². The lowest BCUT2D eigenvalue weighted by Crippen LogP contribution is -2.54. The van der Waals surface area contributed by atoms with Crippen LogP contribution < -0.4 is 0 Å². The van der Waals surface area contributed by atoms with E-state index in [1.54, 1.807) is 6.92 Å². The Morgan fingerprint density at radius 2 is 1.79 bits per heavy atom. The van der Waals surface area contributed by atoms with Crippen molar-refractivity contribution in [3.8, 4) is 0 Å². The van der Waals surface area contributed by atoms with Crippen LogP contribution in [0.2, 0.25) is 0 Å². The molecule has 1 spiro atoms. The molecule has 1 saturated heterocycles. The van der Waals surface area contributed by atoms with Crippen molar-refractivity contribution in [2.24, 2.45) is 28.6 Å². The smallest absolute Gasteiger partial charge is 0.316 e. The topological polar surface area (TPSA) is 122 Å². The SMILES string of the molecule is C=C1C(=O)[C@]23C[C@@]1(OC(C)=O)CC[C@H]2[C@@]12CC[C@H](OC(C)=O)[C@@](C)(C(=O)O1)[C@H]2[C@@H]3C(=O)OC. The van der Waals surface area contributed by atoms with Gasteiger partial charge in [-0.15, -0.1) is 0 Å². The molecule has 5 fully saturated rings. The predicted octanol–water partition coefficient (Wildman–Crippen LogP) is 1.66.